The number of hydrogen-bond acceptors (Lipinski definition) is 1. The minimum atomic E-state index is -0.726. The second kappa shape index (κ2) is 3.83. The highest BCUT2D eigenvalue weighted by Gasteiger charge is 2.11. The Kier molecular flexibility index (Phi) is 3.78. The maximum absolute atomic E-state index is 12.4. The molecule has 0 aliphatic heterocycles. The number of nitrogens with two attached hydrogens (primary N) is 1. The molecule has 9 heavy (non-hydrogen) atoms. The molecule has 0 aromatic heterocycles. The number of rotatable bonds is 3. The normalized spacial score (nSPS) is 21.0. The summed E-state index contributed by atoms with van der Waals surface area (Å²) in [7, 11) is 0. The predicted molar refractivity (Wildman–Crippen MR) is 38.0 cm³/mol. The minimum Gasteiger partial charge on any atom is -0.328 e. The van der Waals surface area contributed by atoms with Gasteiger partial charge in [-0.15, -0.1) is 0 Å². The van der Waals surface area contributed by atoms with Gasteiger partial charge in [-0.25, -0.2) is 4.39 Å². The quantitative estimate of drug-likeness (QED) is 0.623. The number of hydrogen-bond donors (Lipinski definition) is 1. The van der Waals surface area contributed by atoms with Crippen LogP contribution < -0.4 is 5.73 Å². The standard InChI is InChI=1S/C7H16FN/c1-5(7(3)8)4-6(2)9/h5-7H,4,9H2,1-3H3. The second-order valence-corrected chi connectivity index (χ2v) is 2.87. The Morgan fingerprint density at radius 3 is 1.89 bits per heavy atom. The van der Waals surface area contributed by atoms with Gasteiger partial charge < -0.3 is 5.73 Å². The Morgan fingerprint density at radius 1 is 1.33 bits per heavy atom. The molecule has 0 rings (SSSR count). The molecule has 0 radical (unpaired) electrons. The fourth-order valence-electron chi connectivity index (χ4n) is 0.774. The highest BCUT2D eigenvalue weighted by Crippen LogP contribution is 2.11. The topological polar surface area (TPSA) is 26.0 Å². The van der Waals surface area contributed by atoms with Crippen LogP contribution in [-0.2, 0) is 0 Å². The van der Waals surface area contributed by atoms with Crippen molar-refractivity contribution in [2.75, 3.05) is 0 Å². The lowest BCUT2D eigenvalue weighted by Crippen LogP contribution is -2.22. The fourth-order valence-corrected chi connectivity index (χ4v) is 0.774. The van der Waals surface area contributed by atoms with E-state index in [1.165, 1.54) is 0 Å². The maximum Gasteiger partial charge on any atom is 0.0999 e. The average Bonchev–Trinajstić information content (AvgIpc) is 1.63. The highest BCUT2D eigenvalue weighted by molar-refractivity contribution is 4.64. The van der Waals surface area contributed by atoms with Crippen molar-refractivity contribution in [1.29, 1.82) is 0 Å². The van der Waals surface area contributed by atoms with E-state index < -0.39 is 6.17 Å². The van der Waals surface area contributed by atoms with E-state index in [2.05, 4.69) is 0 Å². The summed E-state index contributed by atoms with van der Waals surface area (Å²) in [6.45, 7) is 5.36. The first kappa shape index (κ1) is 8.89. The van der Waals surface area contributed by atoms with Crippen LogP contribution in [0.1, 0.15) is 27.2 Å². The molecular formula is C7H16FN. The molecule has 0 aromatic carbocycles. The molecule has 3 unspecified atom stereocenters. The van der Waals surface area contributed by atoms with Gasteiger partial charge in [0.05, 0.1) is 6.17 Å². The Hall–Kier alpha value is -0.110. The van der Waals surface area contributed by atoms with Crippen LogP contribution in [0.15, 0.2) is 0 Å². The van der Waals surface area contributed by atoms with Crippen molar-refractivity contribution in [3.05, 3.63) is 0 Å². The Balaban J connectivity index is 3.38. The molecule has 0 aliphatic carbocycles. The van der Waals surface area contributed by atoms with Gasteiger partial charge in [-0.2, -0.15) is 0 Å². The number of halogens is 1. The molecule has 0 aliphatic rings. The monoisotopic (exact) mass is 133 g/mol. The van der Waals surface area contributed by atoms with Crippen LogP contribution in [0.3, 0.4) is 0 Å². The molecule has 0 spiro atoms. The second-order valence-electron chi connectivity index (χ2n) is 2.87. The van der Waals surface area contributed by atoms with Crippen molar-refractivity contribution in [3.63, 3.8) is 0 Å². The van der Waals surface area contributed by atoms with E-state index in [9.17, 15) is 4.39 Å². The van der Waals surface area contributed by atoms with E-state index in [0.29, 0.717) is 0 Å². The van der Waals surface area contributed by atoms with E-state index in [4.69, 9.17) is 5.73 Å². The van der Waals surface area contributed by atoms with E-state index in [-0.39, 0.29) is 12.0 Å². The van der Waals surface area contributed by atoms with Crippen LogP contribution in [-0.4, -0.2) is 12.2 Å². The Labute approximate surface area is 56.4 Å². The molecule has 0 fully saturated rings. The van der Waals surface area contributed by atoms with Gasteiger partial charge in [0, 0.05) is 6.04 Å². The van der Waals surface area contributed by atoms with E-state index in [0.717, 1.165) is 6.42 Å². The van der Waals surface area contributed by atoms with Crippen LogP contribution in [0.25, 0.3) is 0 Å². The van der Waals surface area contributed by atoms with E-state index in [1.54, 1.807) is 6.92 Å². The van der Waals surface area contributed by atoms with Gasteiger partial charge in [-0.05, 0) is 26.2 Å². The van der Waals surface area contributed by atoms with Crippen molar-refractivity contribution in [1.82, 2.24) is 0 Å². The third-order valence-electron chi connectivity index (χ3n) is 1.53. The zero-order valence-corrected chi connectivity index (χ0v) is 6.39. The molecule has 0 saturated carbocycles. The van der Waals surface area contributed by atoms with Gasteiger partial charge in [-0.1, -0.05) is 6.92 Å². The van der Waals surface area contributed by atoms with Crippen LogP contribution in [0.2, 0.25) is 0 Å². The van der Waals surface area contributed by atoms with Crippen LogP contribution in [0.4, 0.5) is 4.39 Å². The van der Waals surface area contributed by atoms with Gasteiger partial charge in [0.1, 0.15) is 0 Å². The largest absolute Gasteiger partial charge is 0.328 e. The SMILES string of the molecule is CC(N)CC(C)C(C)F. The molecule has 1 nitrogen and oxygen atoms in total. The van der Waals surface area contributed by atoms with Crippen LogP contribution in [0, 0.1) is 5.92 Å². The first-order chi connectivity index (χ1) is 4.04. The summed E-state index contributed by atoms with van der Waals surface area (Å²) in [5, 5.41) is 0. The van der Waals surface area contributed by atoms with Crippen molar-refractivity contribution < 1.29 is 4.39 Å². The average molecular weight is 133 g/mol. The lowest BCUT2D eigenvalue weighted by atomic mass is 9.99. The fraction of sp³-hybridized carbons (Fsp3) is 1.00. The summed E-state index contributed by atoms with van der Waals surface area (Å²) in [5.74, 6) is 0.102. The minimum absolute atomic E-state index is 0.102. The summed E-state index contributed by atoms with van der Waals surface area (Å²) >= 11 is 0. The molecule has 56 valence electrons. The molecule has 2 N–H and O–H groups in total. The van der Waals surface area contributed by atoms with Gasteiger partial charge in [-0.3, -0.25) is 0 Å². The summed E-state index contributed by atoms with van der Waals surface area (Å²) in [5.41, 5.74) is 5.46. The molecule has 0 aromatic rings. The van der Waals surface area contributed by atoms with Gasteiger partial charge >= 0.3 is 0 Å². The van der Waals surface area contributed by atoms with Crippen molar-refractivity contribution in [3.8, 4) is 0 Å². The first-order valence-electron chi connectivity index (χ1n) is 3.43. The Bertz CT molecular complexity index is 71.3. The Morgan fingerprint density at radius 2 is 1.78 bits per heavy atom. The third-order valence-corrected chi connectivity index (χ3v) is 1.53. The highest BCUT2D eigenvalue weighted by atomic mass is 19.1. The lowest BCUT2D eigenvalue weighted by molar-refractivity contribution is 0.245. The lowest BCUT2D eigenvalue weighted by Gasteiger charge is -2.14. The molecule has 3 atom stereocenters. The van der Waals surface area contributed by atoms with Crippen molar-refractivity contribution in [2.45, 2.75) is 39.4 Å². The zero-order valence-electron chi connectivity index (χ0n) is 6.39. The summed E-state index contributed by atoms with van der Waals surface area (Å²) < 4.78 is 12.4. The molecule has 0 heterocycles. The number of alkyl halides is 1. The first-order valence-corrected chi connectivity index (χ1v) is 3.43. The molecule has 0 saturated heterocycles. The van der Waals surface area contributed by atoms with Gasteiger partial charge in [0.2, 0.25) is 0 Å². The zero-order chi connectivity index (χ0) is 7.44. The molecule has 0 bridgehead atoms. The summed E-state index contributed by atoms with van der Waals surface area (Å²) in [4.78, 5) is 0. The molecular weight excluding hydrogens is 117 g/mol. The molecule has 0 amide bonds. The van der Waals surface area contributed by atoms with Gasteiger partial charge in [0.25, 0.3) is 0 Å². The third kappa shape index (κ3) is 4.40. The van der Waals surface area contributed by atoms with E-state index in [1.807, 2.05) is 13.8 Å². The van der Waals surface area contributed by atoms with Crippen molar-refractivity contribution >= 4 is 0 Å². The van der Waals surface area contributed by atoms with Crippen LogP contribution in [0.5, 0.6) is 0 Å². The summed E-state index contributed by atoms with van der Waals surface area (Å²) in [6, 6.07) is 0.123. The predicted octanol–water partition coefficient (Wildman–Crippen LogP) is 1.72. The summed E-state index contributed by atoms with van der Waals surface area (Å²) in [6.07, 6.45) is 0.0495. The van der Waals surface area contributed by atoms with Crippen LogP contribution >= 0.6 is 0 Å². The smallest absolute Gasteiger partial charge is 0.0999 e. The van der Waals surface area contributed by atoms with Gasteiger partial charge in [0.15, 0.2) is 0 Å². The van der Waals surface area contributed by atoms with E-state index >= 15 is 0 Å². The molecule has 2 heteroatoms. The van der Waals surface area contributed by atoms with Crippen molar-refractivity contribution in [2.24, 2.45) is 11.7 Å². The maximum atomic E-state index is 12.4.